The van der Waals surface area contributed by atoms with Gasteiger partial charge in [-0.2, -0.15) is 5.10 Å². The molecule has 1 aliphatic heterocycles. The van der Waals surface area contributed by atoms with E-state index in [4.69, 9.17) is 0 Å². The van der Waals surface area contributed by atoms with Gasteiger partial charge in [-0.25, -0.2) is 5.10 Å². The molecule has 1 saturated heterocycles. The Morgan fingerprint density at radius 1 is 1.12 bits per heavy atom. The highest BCUT2D eigenvalue weighted by Crippen LogP contribution is 2.15. The molecule has 2 heterocycles. The molecule has 1 fully saturated rings. The van der Waals surface area contributed by atoms with Crippen LogP contribution in [0.4, 0.5) is 0 Å². The van der Waals surface area contributed by atoms with Crippen LogP contribution in [0, 0.1) is 0 Å². The van der Waals surface area contributed by atoms with E-state index in [-0.39, 0.29) is 23.2 Å². The quantitative estimate of drug-likeness (QED) is 0.837. The van der Waals surface area contributed by atoms with Gasteiger partial charge in [0.05, 0.1) is 0 Å². The Balaban J connectivity index is 1.65. The van der Waals surface area contributed by atoms with Crippen molar-refractivity contribution >= 4 is 5.91 Å². The highest BCUT2D eigenvalue weighted by atomic mass is 16.2. The van der Waals surface area contributed by atoms with Crippen LogP contribution in [0.1, 0.15) is 35.3 Å². The summed E-state index contributed by atoms with van der Waals surface area (Å²) in [7, 11) is 0. The Hall–Kier alpha value is -2.47. The molecule has 6 nitrogen and oxygen atoms in total. The first kappa shape index (κ1) is 17.4. The fraction of sp³-hybridized carbons (Fsp3) is 0.421. The Bertz CT molecular complexity index is 718. The number of benzene rings is 1. The van der Waals surface area contributed by atoms with Crippen LogP contribution in [-0.2, 0) is 6.42 Å². The summed E-state index contributed by atoms with van der Waals surface area (Å²) in [6.07, 6.45) is 4.60. The first-order valence-corrected chi connectivity index (χ1v) is 8.84. The molecule has 0 radical (unpaired) electrons. The fourth-order valence-electron chi connectivity index (χ4n) is 3.27. The number of amides is 1. The minimum absolute atomic E-state index is 0.233. The number of rotatable bonds is 6. The Kier molecular flexibility index (Phi) is 5.95. The van der Waals surface area contributed by atoms with E-state index >= 15 is 0 Å². The number of carbonyl (C=O) groups excluding carboxylic acids is 1. The molecule has 25 heavy (non-hydrogen) atoms. The van der Waals surface area contributed by atoms with Gasteiger partial charge in [-0.3, -0.25) is 14.5 Å². The summed E-state index contributed by atoms with van der Waals surface area (Å²) in [5.74, 6) is -0.258. The van der Waals surface area contributed by atoms with Crippen LogP contribution in [0.3, 0.4) is 0 Å². The lowest BCUT2D eigenvalue weighted by molar-refractivity contribution is 0.0918. The van der Waals surface area contributed by atoms with Crippen LogP contribution in [0.5, 0.6) is 0 Å². The Morgan fingerprint density at radius 2 is 1.88 bits per heavy atom. The first-order chi connectivity index (χ1) is 12.2. The van der Waals surface area contributed by atoms with Crippen molar-refractivity contribution in [2.45, 2.75) is 31.7 Å². The highest BCUT2D eigenvalue weighted by molar-refractivity contribution is 5.91. The van der Waals surface area contributed by atoms with E-state index < -0.39 is 0 Å². The third-order valence-corrected chi connectivity index (χ3v) is 4.63. The summed E-state index contributed by atoms with van der Waals surface area (Å²) >= 11 is 0. The van der Waals surface area contributed by atoms with Gasteiger partial charge >= 0.3 is 0 Å². The zero-order valence-corrected chi connectivity index (χ0v) is 14.3. The topological polar surface area (TPSA) is 78.1 Å². The predicted octanol–water partition coefficient (Wildman–Crippen LogP) is 1.60. The number of nitrogens with one attached hydrogen (secondary N) is 2. The minimum atomic E-state index is -0.313. The molecule has 3 rings (SSSR count). The molecule has 1 aromatic carbocycles. The third-order valence-electron chi connectivity index (χ3n) is 4.63. The second kappa shape index (κ2) is 8.58. The monoisotopic (exact) mass is 340 g/mol. The first-order valence-electron chi connectivity index (χ1n) is 8.84. The number of piperidine rings is 1. The zero-order chi connectivity index (χ0) is 17.5. The molecule has 0 saturated carbocycles. The molecule has 0 aliphatic carbocycles. The standard InChI is InChI=1S/C19H24N4O2/c24-18-10-9-17(21-22-18)19(25)20-14-16(23-11-5-2-6-12-23)13-15-7-3-1-4-8-15/h1,3-4,7-10,16H,2,5-6,11-14H2,(H,20,25)(H,22,24). The Morgan fingerprint density at radius 3 is 2.56 bits per heavy atom. The Labute approximate surface area is 147 Å². The number of aromatic amines is 1. The van der Waals surface area contributed by atoms with Crippen LogP contribution in [0.25, 0.3) is 0 Å². The second-order valence-corrected chi connectivity index (χ2v) is 6.46. The molecule has 0 bridgehead atoms. The predicted molar refractivity (Wildman–Crippen MR) is 96.5 cm³/mol. The molecule has 1 amide bonds. The van der Waals surface area contributed by atoms with E-state index in [0.29, 0.717) is 6.54 Å². The SMILES string of the molecule is O=C(NCC(Cc1ccccc1)N1CCCCC1)c1ccc(=O)[nH]n1. The smallest absolute Gasteiger partial charge is 0.271 e. The van der Waals surface area contributed by atoms with Crippen molar-refractivity contribution in [2.24, 2.45) is 0 Å². The number of hydrogen-bond acceptors (Lipinski definition) is 4. The van der Waals surface area contributed by atoms with Crippen molar-refractivity contribution in [1.29, 1.82) is 0 Å². The van der Waals surface area contributed by atoms with Gasteiger partial charge in [-0.15, -0.1) is 0 Å². The van der Waals surface area contributed by atoms with Gasteiger partial charge in [0.2, 0.25) is 0 Å². The maximum absolute atomic E-state index is 12.3. The third kappa shape index (κ3) is 5.00. The second-order valence-electron chi connectivity index (χ2n) is 6.46. The van der Waals surface area contributed by atoms with Crippen LogP contribution in [0.15, 0.2) is 47.3 Å². The lowest BCUT2D eigenvalue weighted by Crippen LogP contribution is -2.47. The number of H-pyrrole nitrogens is 1. The lowest BCUT2D eigenvalue weighted by atomic mass is 10.0. The summed E-state index contributed by atoms with van der Waals surface area (Å²) < 4.78 is 0. The van der Waals surface area contributed by atoms with Crippen molar-refractivity contribution in [1.82, 2.24) is 20.4 Å². The largest absolute Gasteiger partial charge is 0.349 e. The maximum Gasteiger partial charge on any atom is 0.271 e. The number of hydrogen-bond donors (Lipinski definition) is 2. The molecular weight excluding hydrogens is 316 g/mol. The molecule has 1 aromatic heterocycles. The van der Waals surface area contributed by atoms with E-state index in [0.717, 1.165) is 19.5 Å². The molecule has 2 aromatic rings. The summed E-state index contributed by atoms with van der Waals surface area (Å²) in [4.78, 5) is 25.8. The van der Waals surface area contributed by atoms with E-state index in [1.54, 1.807) is 0 Å². The van der Waals surface area contributed by atoms with Crippen LogP contribution in [-0.4, -0.2) is 46.7 Å². The van der Waals surface area contributed by atoms with Crippen molar-refractivity contribution in [3.63, 3.8) is 0 Å². The molecule has 1 unspecified atom stereocenters. The normalized spacial score (nSPS) is 16.3. The van der Waals surface area contributed by atoms with Crippen LogP contribution >= 0.6 is 0 Å². The molecular formula is C19H24N4O2. The molecule has 1 atom stereocenters. The van der Waals surface area contributed by atoms with E-state index in [1.165, 1.54) is 37.0 Å². The van der Waals surface area contributed by atoms with E-state index in [9.17, 15) is 9.59 Å². The van der Waals surface area contributed by atoms with Crippen molar-refractivity contribution < 1.29 is 4.79 Å². The summed E-state index contributed by atoms with van der Waals surface area (Å²) in [5.41, 5.74) is 1.19. The average molecular weight is 340 g/mol. The van der Waals surface area contributed by atoms with Crippen molar-refractivity contribution in [3.8, 4) is 0 Å². The highest BCUT2D eigenvalue weighted by Gasteiger charge is 2.22. The van der Waals surface area contributed by atoms with Gasteiger partial charge in [0.1, 0.15) is 5.69 Å². The number of likely N-dealkylation sites (tertiary alicyclic amines) is 1. The fourth-order valence-corrected chi connectivity index (χ4v) is 3.27. The molecule has 6 heteroatoms. The summed E-state index contributed by atoms with van der Waals surface area (Å²) in [6.45, 7) is 2.71. The number of nitrogens with zero attached hydrogens (tertiary/aromatic N) is 2. The summed E-state index contributed by atoms with van der Waals surface area (Å²) in [6, 6.07) is 13.4. The van der Waals surface area contributed by atoms with Gasteiger partial charge in [0, 0.05) is 18.7 Å². The van der Waals surface area contributed by atoms with Gasteiger partial charge in [0.25, 0.3) is 11.5 Å². The molecule has 2 N–H and O–H groups in total. The van der Waals surface area contributed by atoms with Crippen LogP contribution in [0.2, 0.25) is 0 Å². The zero-order valence-electron chi connectivity index (χ0n) is 14.3. The van der Waals surface area contributed by atoms with Crippen LogP contribution < -0.4 is 10.9 Å². The number of carbonyl (C=O) groups is 1. The van der Waals surface area contributed by atoms with Gasteiger partial charge < -0.3 is 5.32 Å². The average Bonchev–Trinajstić information content (AvgIpc) is 2.67. The lowest BCUT2D eigenvalue weighted by Gasteiger charge is -2.34. The number of aromatic nitrogens is 2. The van der Waals surface area contributed by atoms with Gasteiger partial charge in [0.15, 0.2) is 0 Å². The minimum Gasteiger partial charge on any atom is -0.349 e. The molecule has 0 spiro atoms. The van der Waals surface area contributed by atoms with E-state index in [1.807, 2.05) is 18.2 Å². The van der Waals surface area contributed by atoms with Gasteiger partial charge in [-0.05, 0) is 44.0 Å². The van der Waals surface area contributed by atoms with E-state index in [2.05, 4.69) is 32.5 Å². The van der Waals surface area contributed by atoms with Gasteiger partial charge in [-0.1, -0.05) is 36.8 Å². The summed E-state index contributed by atoms with van der Waals surface area (Å²) in [5, 5.41) is 9.06. The van der Waals surface area contributed by atoms with Crippen molar-refractivity contribution in [3.05, 3.63) is 64.1 Å². The van der Waals surface area contributed by atoms with Crippen molar-refractivity contribution in [2.75, 3.05) is 19.6 Å². The maximum atomic E-state index is 12.3. The molecule has 132 valence electrons. The molecule has 1 aliphatic rings.